The SMILES string of the molecule is CCC(=NOCCn1ccc2ccccc21)c1ccc(OC(CC)C(=O)O)cc1. The number of hydrogen-bond donors (Lipinski definition) is 1. The van der Waals surface area contributed by atoms with Gasteiger partial charge in [-0.15, -0.1) is 0 Å². The lowest BCUT2D eigenvalue weighted by Crippen LogP contribution is -2.25. The summed E-state index contributed by atoms with van der Waals surface area (Å²) in [6, 6.07) is 17.6. The van der Waals surface area contributed by atoms with Gasteiger partial charge in [0.25, 0.3) is 0 Å². The van der Waals surface area contributed by atoms with Crippen LogP contribution in [0.15, 0.2) is 65.9 Å². The number of carbonyl (C=O) groups is 1. The van der Waals surface area contributed by atoms with E-state index in [4.69, 9.17) is 14.7 Å². The highest BCUT2D eigenvalue weighted by molar-refractivity contribution is 6.00. The van der Waals surface area contributed by atoms with Crippen molar-refractivity contribution in [3.05, 3.63) is 66.4 Å². The first-order valence-electron chi connectivity index (χ1n) is 9.85. The number of fused-ring (bicyclic) bond motifs is 1. The largest absolute Gasteiger partial charge is 0.479 e. The van der Waals surface area contributed by atoms with Crippen LogP contribution in [-0.2, 0) is 16.2 Å². The second kappa shape index (κ2) is 9.78. The number of nitrogens with zero attached hydrogens (tertiary/aromatic N) is 2. The molecule has 1 unspecified atom stereocenters. The minimum Gasteiger partial charge on any atom is -0.479 e. The average molecular weight is 394 g/mol. The fraction of sp³-hybridized carbons (Fsp3) is 0.304. The van der Waals surface area contributed by atoms with Crippen molar-refractivity contribution in [1.82, 2.24) is 4.57 Å². The Balaban J connectivity index is 1.58. The standard InChI is InChI=1S/C23H26N2O4/c1-3-20(17-9-11-19(12-10-17)29-22(4-2)23(26)27)24-28-16-15-25-14-13-18-7-5-6-8-21(18)25/h5-14,22H,3-4,15-16H2,1-2H3,(H,26,27). The highest BCUT2D eigenvalue weighted by Gasteiger charge is 2.16. The van der Waals surface area contributed by atoms with Gasteiger partial charge in [-0.2, -0.15) is 0 Å². The van der Waals surface area contributed by atoms with Gasteiger partial charge in [0.2, 0.25) is 0 Å². The molecule has 0 amide bonds. The zero-order valence-corrected chi connectivity index (χ0v) is 16.7. The number of ether oxygens (including phenoxy) is 1. The molecule has 0 aliphatic heterocycles. The monoisotopic (exact) mass is 394 g/mol. The molecule has 29 heavy (non-hydrogen) atoms. The van der Waals surface area contributed by atoms with Crippen molar-refractivity contribution in [3.63, 3.8) is 0 Å². The maximum Gasteiger partial charge on any atom is 0.344 e. The molecule has 0 aliphatic carbocycles. The minimum atomic E-state index is -0.962. The molecule has 3 aromatic rings. The summed E-state index contributed by atoms with van der Waals surface area (Å²) in [5, 5.41) is 14.6. The fourth-order valence-corrected chi connectivity index (χ4v) is 3.12. The van der Waals surface area contributed by atoms with E-state index >= 15 is 0 Å². The molecule has 0 spiro atoms. The highest BCUT2D eigenvalue weighted by atomic mass is 16.6. The number of rotatable bonds is 10. The Morgan fingerprint density at radius 1 is 1.10 bits per heavy atom. The molecule has 6 nitrogen and oxygen atoms in total. The highest BCUT2D eigenvalue weighted by Crippen LogP contribution is 2.17. The van der Waals surface area contributed by atoms with Gasteiger partial charge in [0.05, 0.1) is 12.3 Å². The van der Waals surface area contributed by atoms with Crippen LogP contribution in [0.1, 0.15) is 32.3 Å². The van der Waals surface area contributed by atoms with Gasteiger partial charge in [-0.25, -0.2) is 4.79 Å². The fourth-order valence-electron chi connectivity index (χ4n) is 3.12. The second-order valence-electron chi connectivity index (χ2n) is 6.67. The van der Waals surface area contributed by atoms with Gasteiger partial charge in [0.1, 0.15) is 12.4 Å². The molecule has 0 saturated heterocycles. The van der Waals surface area contributed by atoms with Gasteiger partial charge in [-0.1, -0.05) is 37.2 Å². The average Bonchev–Trinajstić information content (AvgIpc) is 3.15. The number of benzene rings is 2. The van der Waals surface area contributed by atoms with E-state index < -0.39 is 12.1 Å². The Hall–Kier alpha value is -3.28. The van der Waals surface area contributed by atoms with Crippen molar-refractivity contribution < 1.29 is 19.5 Å². The maximum absolute atomic E-state index is 11.1. The Morgan fingerprint density at radius 3 is 2.55 bits per heavy atom. The first kappa shape index (κ1) is 20.5. The summed E-state index contributed by atoms with van der Waals surface area (Å²) in [6.45, 7) is 4.99. The van der Waals surface area contributed by atoms with Crippen LogP contribution in [0.3, 0.4) is 0 Å². The number of aromatic nitrogens is 1. The van der Waals surface area contributed by atoms with E-state index in [1.165, 1.54) is 10.9 Å². The van der Waals surface area contributed by atoms with E-state index in [0.29, 0.717) is 25.3 Å². The number of para-hydroxylation sites is 1. The predicted molar refractivity (Wildman–Crippen MR) is 114 cm³/mol. The van der Waals surface area contributed by atoms with Gasteiger partial charge >= 0.3 is 5.97 Å². The second-order valence-corrected chi connectivity index (χ2v) is 6.67. The van der Waals surface area contributed by atoms with Crippen LogP contribution in [-0.4, -0.2) is 34.1 Å². The Kier molecular flexibility index (Phi) is 6.89. The summed E-state index contributed by atoms with van der Waals surface area (Å²) < 4.78 is 7.64. The zero-order chi connectivity index (χ0) is 20.6. The lowest BCUT2D eigenvalue weighted by atomic mass is 10.1. The van der Waals surface area contributed by atoms with Gasteiger partial charge in [0, 0.05) is 11.7 Å². The zero-order valence-electron chi connectivity index (χ0n) is 16.7. The molecule has 6 heteroatoms. The molecule has 1 aromatic heterocycles. The lowest BCUT2D eigenvalue weighted by Gasteiger charge is -2.13. The van der Waals surface area contributed by atoms with Crippen molar-refractivity contribution in [1.29, 1.82) is 0 Å². The molecule has 0 saturated carbocycles. The van der Waals surface area contributed by atoms with Crippen molar-refractivity contribution in [2.75, 3.05) is 6.61 Å². The third-order valence-corrected chi connectivity index (χ3v) is 4.73. The van der Waals surface area contributed by atoms with E-state index in [1.54, 1.807) is 19.1 Å². The molecule has 152 valence electrons. The van der Waals surface area contributed by atoms with Crippen LogP contribution in [0.4, 0.5) is 0 Å². The molecule has 2 aromatic carbocycles. The van der Waals surface area contributed by atoms with Crippen LogP contribution >= 0.6 is 0 Å². The summed E-state index contributed by atoms with van der Waals surface area (Å²) in [6.07, 6.45) is 2.34. The number of hydrogen-bond acceptors (Lipinski definition) is 4. The van der Waals surface area contributed by atoms with Crippen LogP contribution in [0.2, 0.25) is 0 Å². The minimum absolute atomic E-state index is 0.406. The summed E-state index contributed by atoms with van der Waals surface area (Å²) >= 11 is 0. The molecule has 0 bridgehead atoms. The lowest BCUT2D eigenvalue weighted by molar-refractivity contribution is -0.145. The van der Waals surface area contributed by atoms with Crippen molar-refractivity contribution in [2.45, 2.75) is 39.3 Å². The smallest absolute Gasteiger partial charge is 0.344 e. The number of oxime groups is 1. The molecule has 1 heterocycles. The van der Waals surface area contributed by atoms with Gasteiger partial charge < -0.3 is 19.2 Å². The molecule has 0 radical (unpaired) electrons. The summed E-state index contributed by atoms with van der Waals surface area (Å²) in [5.74, 6) is -0.435. The third-order valence-electron chi connectivity index (χ3n) is 4.73. The van der Waals surface area contributed by atoms with Crippen molar-refractivity contribution in [2.24, 2.45) is 5.16 Å². The molecule has 1 N–H and O–H groups in total. The molecule has 0 aliphatic rings. The topological polar surface area (TPSA) is 73.0 Å². The number of carboxylic acids is 1. The van der Waals surface area contributed by atoms with Crippen molar-refractivity contribution in [3.8, 4) is 5.75 Å². The van der Waals surface area contributed by atoms with Crippen molar-refractivity contribution >= 4 is 22.6 Å². The summed E-state index contributed by atoms with van der Waals surface area (Å²) in [4.78, 5) is 16.7. The molecule has 1 atom stereocenters. The first-order chi connectivity index (χ1) is 14.1. The van der Waals surface area contributed by atoms with E-state index in [1.807, 2.05) is 31.2 Å². The summed E-state index contributed by atoms with van der Waals surface area (Å²) in [5.41, 5.74) is 2.94. The van der Waals surface area contributed by atoms with Gasteiger partial charge in [-0.05, 0) is 60.2 Å². The molecular weight excluding hydrogens is 368 g/mol. The maximum atomic E-state index is 11.1. The normalized spacial score (nSPS) is 12.7. The summed E-state index contributed by atoms with van der Waals surface area (Å²) in [7, 11) is 0. The molecule has 3 rings (SSSR count). The van der Waals surface area contributed by atoms with E-state index in [9.17, 15) is 4.79 Å². The van der Waals surface area contributed by atoms with E-state index in [-0.39, 0.29) is 0 Å². The van der Waals surface area contributed by atoms with Crippen LogP contribution in [0.25, 0.3) is 10.9 Å². The Bertz CT molecular complexity index is 976. The van der Waals surface area contributed by atoms with Crippen LogP contribution in [0.5, 0.6) is 5.75 Å². The predicted octanol–water partition coefficient (Wildman–Crippen LogP) is 4.71. The van der Waals surface area contributed by atoms with Crippen LogP contribution < -0.4 is 4.74 Å². The Morgan fingerprint density at radius 2 is 1.86 bits per heavy atom. The van der Waals surface area contributed by atoms with E-state index in [2.05, 4.69) is 34.1 Å². The first-order valence-corrected chi connectivity index (χ1v) is 9.85. The van der Waals surface area contributed by atoms with Crippen LogP contribution in [0, 0.1) is 0 Å². The van der Waals surface area contributed by atoms with Gasteiger partial charge in [0.15, 0.2) is 6.10 Å². The van der Waals surface area contributed by atoms with E-state index in [0.717, 1.165) is 17.7 Å². The number of carboxylic acid groups (broad SMARTS) is 1. The van der Waals surface area contributed by atoms with Gasteiger partial charge in [-0.3, -0.25) is 0 Å². The quantitative estimate of drug-likeness (QED) is 0.307. The number of aliphatic carboxylic acids is 1. The Labute approximate surface area is 170 Å². The molecule has 0 fully saturated rings. The third kappa shape index (κ3) is 5.16. The molecular formula is C23H26N2O4.